The number of epoxide rings is 1. The van der Waals surface area contributed by atoms with E-state index >= 15 is 0 Å². The number of aldehydes is 1. The van der Waals surface area contributed by atoms with Crippen molar-refractivity contribution in [1.82, 2.24) is 15.5 Å². The zero-order valence-electron chi connectivity index (χ0n) is 30.5. The molecule has 0 radical (unpaired) electrons. The van der Waals surface area contributed by atoms with E-state index in [-0.39, 0.29) is 12.7 Å². The first-order valence-electron chi connectivity index (χ1n) is 16.9. The molecule has 0 aromatic heterocycles. The van der Waals surface area contributed by atoms with Gasteiger partial charge < -0.3 is 44.4 Å². The molecule has 0 aromatic carbocycles. The number of aliphatic hydroxyl groups excluding tert-OH is 1. The molecule has 1 amide bonds. The summed E-state index contributed by atoms with van der Waals surface area (Å²) >= 11 is 0. The minimum atomic E-state index is -0.290. The van der Waals surface area contributed by atoms with Gasteiger partial charge in [0.05, 0.1) is 25.4 Å². The van der Waals surface area contributed by atoms with Gasteiger partial charge in [-0.3, -0.25) is 0 Å². The van der Waals surface area contributed by atoms with E-state index in [1.165, 1.54) is 32.1 Å². The normalized spacial score (nSPS) is 21.5. The minimum absolute atomic E-state index is 0.235. The van der Waals surface area contributed by atoms with Crippen LogP contribution in [0, 0.1) is 11.8 Å². The van der Waals surface area contributed by atoms with Gasteiger partial charge in [0.15, 0.2) is 0 Å². The van der Waals surface area contributed by atoms with E-state index in [4.69, 9.17) is 24.1 Å². The molecule has 0 aliphatic carbocycles. The van der Waals surface area contributed by atoms with Gasteiger partial charge in [0.2, 0.25) is 0 Å². The number of nitrogens with zero attached hydrogens (tertiary/aromatic N) is 1. The fourth-order valence-electron chi connectivity index (χ4n) is 3.91. The third-order valence-electron chi connectivity index (χ3n) is 6.55. The average molecular weight is 646 g/mol. The molecule has 10 nitrogen and oxygen atoms in total. The number of carbonyl (C=O) groups is 2. The Morgan fingerprint density at radius 3 is 2.18 bits per heavy atom. The molecular weight excluding hydrogens is 574 g/mol. The standard InChI is InChI=1S/C11H20N2O4.C8H14.C7H14O.C6H12O.C2H7N.CH4O/c1-12-10-3-4-13(9-10)11(15)17-8-7-16-6-2-5-14;1-4-5-6-7-8(2)3;1-3-4-5-7-6(2)8-7;1-6-3-2-4-7-5-6;1-3-2;1-2/h5,10,12H,2-4,6-9H2,1H3;4-8H,1-3H3;6-7H,3-5H2,1-2H3;6H,2-5H2,1H3;3H,1-2H3;2H,1H3/b;5-4-,7-6+;;;;. The lowest BCUT2D eigenvalue weighted by Gasteiger charge is -2.16. The van der Waals surface area contributed by atoms with Crippen molar-refractivity contribution in [3.8, 4) is 0 Å². The van der Waals surface area contributed by atoms with Gasteiger partial charge in [0.1, 0.15) is 12.9 Å². The average Bonchev–Trinajstić information content (AvgIpc) is 3.53. The molecule has 0 aromatic rings. The Hall–Kier alpha value is -1.82. The van der Waals surface area contributed by atoms with Crippen molar-refractivity contribution in [3.63, 3.8) is 0 Å². The predicted molar refractivity (Wildman–Crippen MR) is 187 cm³/mol. The molecule has 4 atom stereocenters. The summed E-state index contributed by atoms with van der Waals surface area (Å²) in [5.74, 6) is 1.49. The molecule has 3 saturated heterocycles. The topological polar surface area (TPSA) is 122 Å². The molecular formula is C35H71N3O7. The summed E-state index contributed by atoms with van der Waals surface area (Å²) in [6.45, 7) is 17.3. The highest BCUT2D eigenvalue weighted by molar-refractivity contribution is 5.68. The van der Waals surface area contributed by atoms with Crippen molar-refractivity contribution in [2.75, 3.05) is 74.4 Å². The van der Waals surface area contributed by atoms with Gasteiger partial charge in [-0.15, -0.1) is 0 Å². The van der Waals surface area contributed by atoms with Crippen LogP contribution in [-0.4, -0.2) is 115 Å². The predicted octanol–water partition coefficient (Wildman–Crippen LogP) is 5.64. The number of hydrogen-bond donors (Lipinski definition) is 3. The minimum Gasteiger partial charge on any atom is -0.447 e. The summed E-state index contributed by atoms with van der Waals surface area (Å²) < 4.78 is 20.5. The highest BCUT2D eigenvalue weighted by atomic mass is 16.6. The van der Waals surface area contributed by atoms with E-state index in [1.807, 2.05) is 40.2 Å². The molecule has 3 heterocycles. The first kappa shape index (κ1) is 47.6. The molecule has 3 aliphatic heterocycles. The Balaban J connectivity index is -0.000000532. The largest absolute Gasteiger partial charge is 0.447 e. The van der Waals surface area contributed by atoms with Gasteiger partial charge in [-0.1, -0.05) is 64.8 Å². The second-order valence-electron chi connectivity index (χ2n) is 11.4. The number of hydrogen-bond acceptors (Lipinski definition) is 9. The van der Waals surface area contributed by atoms with E-state index in [0.29, 0.717) is 50.3 Å². The lowest BCUT2D eigenvalue weighted by Crippen LogP contribution is -2.34. The van der Waals surface area contributed by atoms with E-state index in [2.05, 4.69) is 57.4 Å². The molecule has 3 N–H and O–H groups in total. The Labute approximate surface area is 276 Å². The summed E-state index contributed by atoms with van der Waals surface area (Å²) in [4.78, 5) is 23.2. The summed E-state index contributed by atoms with van der Waals surface area (Å²) in [7, 11) is 6.64. The van der Waals surface area contributed by atoms with Gasteiger partial charge >= 0.3 is 6.09 Å². The van der Waals surface area contributed by atoms with Crippen LogP contribution in [0.4, 0.5) is 4.79 Å². The van der Waals surface area contributed by atoms with E-state index in [9.17, 15) is 9.59 Å². The third-order valence-corrected chi connectivity index (χ3v) is 6.55. The van der Waals surface area contributed by atoms with Gasteiger partial charge in [-0.25, -0.2) is 4.79 Å². The SMILES string of the molecule is C/C=C\C=C\C(C)C.CC1CCCOC1.CCCCC1OC1C.CNC.CNC1CCN(C(=O)OCCOCCC=O)C1.CO. The van der Waals surface area contributed by atoms with Crippen LogP contribution in [0.3, 0.4) is 0 Å². The lowest BCUT2D eigenvalue weighted by molar-refractivity contribution is -0.108. The van der Waals surface area contributed by atoms with Crippen molar-refractivity contribution >= 4 is 12.4 Å². The van der Waals surface area contributed by atoms with Crippen molar-refractivity contribution in [2.45, 2.75) is 105 Å². The molecule has 3 aliphatic rings. The van der Waals surface area contributed by atoms with E-state index in [1.54, 1.807) is 4.90 Å². The van der Waals surface area contributed by atoms with Crippen LogP contribution in [-0.2, 0) is 23.7 Å². The Morgan fingerprint density at radius 1 is 1.09 bits per heavy atom. The number of nitrogens with one attached hydrogen (secondary N) is 2. The first-order valence-corrected chi connectivity index (χ1v) is 16.9. The fraction of sp³-hybridized carbons (Fsp3) is 0.829. The highest BCUT2D eigenvalue weighted by Crippen LogP contribution is 2.25. The van der Waals surface area contributed by atoms with Crippen molar-refractivity contribution < 1.29 is 33.6 Å². The number of amides is 1. The maximum absolute atomic E-state index is 11.6. The second-order valence-corrected chi connectivity index (χ2v) is 11.4. The molecule has 0 bridgehead atoms. The molecule has 45 heavy (non-hydrogen) atoms. The van der Waals surface area contributed by atoms with Crippen LogP contribution >= 0.6 is 0 Å². The highest BCUT2D eigenvalue weighted by Gasteiger charge is 2.32. The molecule has 10 heteroatoms. The lowest BCUT2D eigenvalue weighted by atomic mass is 10.1. The molecule has 3 rings (SSSR count). The monoisotopic (exact) mass is 646 g/mol. The van der Waals surface area contributed by atoms with Gasteiger partial charge in [0, 0.05) is 45.9 Å². The summed E-state index contributed by atoms with van der Waals surface area (Å²) in [6, 6.07) is 0.367. The Kier molecular flexibility index (Phi) is 38.8. The molecule has 4 unspecified atom stereocenters. The number of allylic oxidation sites excluding steroid dienone is 4. The summed E-state index contributed by atoms with van der Waals surface area (Å²) in [6.07, 6.45) is 17.9. The number of unbranched alkanes of at least 4 members (excludes halogenated alkanes) is 1. The molecule has 0 spiro atoms. The van der Waals surface area contributed by atoms with Crippen LogP contribution in [0.1, 0.15) is 86.5 Å². The fourth-order valence-corrected chi connectivity index (χ4v) is 3.91. The second kappa shape index (κ2) is 36.6. The third kappa shape index (κ3) is 34.9. The van der Waals surface area contributed by atoms with Crippen LogP contribution in [0.25, 0.3) is 0 Å². The number of ether oxygens (including phenoxy) is 4. The molecule has 0 saturated carbocycles. The first-order chi connectivity index (χ1) is 21.7. The van der Waals surface area contributed by atoms with Crippen LogP contribution in [0.5, 0.6) is 0 Å². The van der Waals surface area contributed by atoms with Crippen LogP contribution in [0.2, 0.25) is 0 Å². The van der Waals surface area contributed by atoms with E-state index < -0.39 is 0 Å². The number of carbonyl (C=O) groups excluding carboxylic acids is 2. The maximum Gasteiger partial charge on any atom is 0.409 e. The number of likely N-dealkylation sites (N-methyl/N-ethyl adjacent to an activating group) is 1. The number of rotatable bonds is 12. The smallest absolute Gasteiger partial charge is 0.409 e. The number of aliphatic hydroxyl groups is 1. The Morgan fingerprint density at radius 2 is 1.76 bits per heavy atom. The zero-order valence-corrected chi connectivity index (χ0v) is 30.5. The quantitative estimate of drug-likeness (QED) is 0.107. The van der Waals surface area contributed by atoms with Crippen LogP contribution in [0.15, 0.2) is 24.3 Å². The van der Waals surface area contributed by atoms with Gasteiger partial charge in [0.25, 0.3) is 0 Å². The van der Waals surface area contributed by atoms with Gasteiger partial charge in [-0.2, -0.15) is 0 Å². The van der Waals surface area contributed by atoms with Crippen molar-refractivity contribution in [1.29, 1.82) is 0 Å². The van der Waals surface area contributed by atoms with Gasteiger partial charge in [-0.05, 0) is 72.5 Å². The van der Waals surface area contributed by atoms with E-state index in [0.717, 1.165) is 45.5 Å². The summed E-state index contributed by atoms with van der Waals surface area (Å²) in [5.41, 5.74) is 0. The maximum atomic E-state index is 11.6. The molecule has 3 fully saturated rings. The van der Waals surface area contributed by atoms with Crippen molar-refractivity contribution in [3.05, 3.63) is 24.3 Å². The van der Waals surface area contributed by atoms with Crippen LogP contribution < -0.4 is 10.6 Å². The summed E-state index contributed by atoms with van der Waals surface area (Å²) in [5, 5.41) is 12.9. The zero-order chi connectivity index (χ0) is 34.7. The Bertz CT molecular complexity index is 686. The molecule has 268 valence electrons. The van der Waals surface area contributed by atoms with Crippen molar-refractivity contribution in [2.24, 2.45) is 11.8 Å². The number of likely N-dealkylation sites (tertiary alicyclic amines) is 1.